The van der Waals surface area contributed by atoms with Crippen LogP contribution in [-0.4, -0.2) is 63.0 Å². The molecule has 3 heterocycles. The second kappa shape index (κ2) is 12.7. The number of likely N-dealkylation sites (tertiary alicyclic amines) is 1. The number of piperidine rings is 1. The number of hydrogen-bond acceptors (Lipinski definition) is 6. The third-order valence-corrected chi connectivity index (χ3v) is 6.83. The molecule has 1 fully saturated rings. The normalized spacial score (nSPS) is 19.5. The van der Waals surface area contributed by atoms with Crippen molar-refractivity contribution in [3.05, 3.63) is 47.5 Å². The van der Waals surface area contributed by atoms with Crippen molar-refractivity contribution < 1.29 is 18.9 Å². The standard InChI is InChI=1S/C26H34N2O4.2ClH/c1-29-23-6-2-7-24(15-23)30-12-4-10-27-9-3-5-20(16-27)17-28-11-8-21-13-25-26(32-19-31-25)14-22(21)18-28;;/h2,6-7,13-15,20H,3-5,8-12,16-19H2,1H3;2*1H. The highest BCUT2D eigenvalue weighted by Gasteiger charge is 2.26. The molecule has 3 aliphatic heterocycles. The lowest BCUT2D eigenvalue weighted by Gasteiger charge is -2.37. The molecule has 34 heavy (non-hydrogen) atoms. The van der Waals surface area contributed by atoms with E-state index in [0.717, 1.165) is 68.0 Å². The molecule has 0 spiro atoms. The molecule has 188 valence electrons. The molecule has 2 aromatic rings. The predicted octanol–water partition coefficient (Wildman–Crippen LogP) is 4.81. The highest BCUT2D eigenvalue weighted by Crippen LogP contribution is 2.37. The molecular weight excluding hydrogens is 475 g/mol. The van der Waals surface area contributed by atoms with E-state index in [4.69, 9.17) is 18.9 Å². The first-order valence-electron chi connectivity index (χ1n) is 11.9. The molecule has 0 radical (unpaired) electrons. The van der Waals surface area contributed by atoms with E-state index in [2.05, 4.69) is 21.9 Å². The monoisotopic (exact) mass is 510 g/mol. The van der Waals surface area contributed by atoms with Crippen molar-refractivity contribution in [2.45, 2.75) is 32.2 Å². The van der Waals surface area contributed by atoms with E-state index in [1.807, 2.05) is 24.3 Å². The quantitative estimate of drug-likeness (QED) is 0.475. The van der Waals surface area contributed by atoms with Gasteiger partial charge in [-0.05, 0) is 73.5 Å². The Hall–Kier alpha value is -1.86. The number of fused-ring (bicyclic) bond motifs is 2. The fourth-order valence-corrected chi connectivity index (χ4v) is 5.20. The smallest absolute Gasteiger partial charge is 0.231 e. The molecule has 0 saturated carbocycles. The van der Waals surface area contributed by atoms with Gasteiger partial charge in [-0.15, -0.1) is 24.8 Å². The molecule has 1 unspecified atom stereocenters. The van der Waals surface area contributed by atoms with Gasteiger partial charge in [0, 0.05) is 38.8 Å². The van der Waals surface area contributed by atoms with Gasteiger partial charge < -0.3 is 23.8 Å². The fourth-order valence-electron chi connectivity index (χ4n) is 5.20. The van der Waals surface area contributed by atoms with Crippen molar-refractivity contribution in [1.29, 1.82) is 0 Å². The van der Waals surface area contributed by atoms with Gasteiger partial charge in [0.15, 0.2) is 11.5 Å². The average Bonchev–Trinajstić information content (AvgIpc) is 3.28. The maximum absolute atomic E-state index is 5.92. The maximum Gasteiger partial charge on any atom is 0.231 e. The summed E-state index contributed by atoms with van der Waals surface area (Å²) in [4.78, 5) is 5.25. The van der Waals surface area contributed by atoms with Crippen molar-refractivity contribution in [2.24, 2.45) is 5.92 Å². The lowest BCUT2D eigenvalue weighted by molar-refractivity contribution is 0.121. The van der Waals surface area contributed by atoms with Crippen molar-refractivity contribution >= 4 is 24.8 Å². The highest BCUT2D eigenvalue weighted by atomic mass is 35.5. The third-order valence-electron chi connectivity index (χ3n) is 6.83. The SMILES string of the molecule is COc1cccc(OCCCN2CCCC(CN3CCc4cc5c(cc4C3)OCO5)C2)c1.Cl.Cl. The summed E-state index contributed by atoms with van der Waals surface area (Å²) in [7, 11) is 1.68. The molecule has 0 N–H and O–H groups in total. The van der Waals surface area contributed by atoms with Crippen LogP contribution in [0.25, 0.3) is 0 Å². The van der Waals surface area contributed by atoms with Gasteiger partial charge in [-0.2, -0.15) is 0 Å². The number of hydrogen-bond donors (Lipinski definition) is 0. The van der Waals surface area contributed by atoms with Crippen molar-refractivity contribution in [2.75, 3.05) is 53.2 Å². The zero-order valence-corrected chi connectivity index (χ0v) is 21.5. The lowest BCUT2D eigenvalue weighted by atomic mass is 9.94. The van der Waals surface area contributed by atoms with E-state index in [9.17, 15) is 0 Å². The van der Waals surface area contributed by atoms with Crippen molar-refractivity contribution in [3.8, 4) is 23.0 Å². The molecule has 0 bridgehead atoms. The predicted molar refractivity (Wildman–Crippen MR) is 138 cm³/mol. The first-order chi connectivity index (χ1) is 15.8. The zero-order valence-electron chi connectivity index (χ0n) is 19.9. The number of methoxy groups -OCH3 is 1. The molecule has 0 amide bonds. The third kappa shape index (κ3) is 6.63. The Bertz CT molecular complexity index is 930. The van der Waals surface area contributed by atoms with Crippen LogP contribution in [0, 0.1) is 5.92 Å². The minimum absolute atomic E-state index is 0. The van der Waals surface area contributed by atoms with Gasteiger partial charge in [0.1, 0.15) is 11.5 Å². The van der Waals surface area contributed by atoms with Gasteiger partial charge in [0.25, 0.3) is 0 Å². The number of nitrogens with zero attached hydrogens (tertiary/aromatic N) is 2. The van der Waals surface area contributed by atoms with Gasteiger partial charge >= 0.3 is 0 Å². The molecular formula is C26H36Cl2N2O4. The van der Waals surface area contributed by atoms with Crippen LogP contribution in [0.5, 0.6) is 23.0 Å². The Kier molecular flexibility index (Phi) is 10.0. The fraction of sp³-hybridized carbons (Fsp3) is 0.538. The second-order valence-corrected chi connectivity index (χ2v) is 9.15. The van der Waals surface area contributed by atoms with Gasteiger partial charge in [-0.3, -0.25) is 4.90 Å². The largest absolute Gasteiger partial charge is 0.497 e. The topological polar surface area (TPSA) is 43.4 Å². The van der Waals surface area contributed by atoms with E-state index in [1.165, 1.54) is 43.6 Å². The Balaban J connectivity index is 0.00000162. The van der Waals surface area contributed by atoms with Gasteiger partial charge in [-0.1, -0.05) is 6.07 Å². The van der Waals surface area contributed by atoms with Crippen LogP contribution in [0.3, 0.4) is 0 Å². The van der Waals surface area contributed by atoms with Crippen LogP contribution in [0.1, 0.15) is 30.4 Å². The number of halogens is 2. The van der Waals surface area contributed by atoms with E-state index in [-0.39, 0.29) is 24.8 Å². The highest BCUT2D eigenvalue weighted by molar-refractivity contribution is 5.85. The molecule has 2 aromatic carbocycles. The molecule has 6 nitrogen and oxygen atoms in total. The summed E-state index contributed by atoms with van der Waals surface area (Å²) in [5.41, 5.74) is 2.83. The van der Waals surface area contributed by atoms with Gasteiger partial charge in [0.05, 0.1) is 13.7 Å². The van der Waals surface area contributed by atoms with Crippen LogP contribution in [0.2, 0.25) is 0 Å². The summed E-state index contributed by atoms with van der Waals surface area (Å²) >= 11 is 0. The van der Waals surface area contributed by atoms with Crippen molar-refractivity contribution in [1.82, 2.24) is 9.80 Å². The van der Waals surface area contributed by atoms with Crippen LogP contribution in [-0.2, 0) is 13.0 Å². The Morgan fingerprint density at radius 3 is 2.59 bits per heavy atom. The molecule has 5 rings (SSSR count). The van der Waals surface area contributed by atoms with Crippen LogP contribution in [0.15, 0.2) is 36.4 Å². The average molecular weight is 511 g/mol. The Labute approximate surface area is 215 Å². The van der Waals surface area contributed by atoms with Crippen LogP contribution >= 0.6 is 24.8 Å². The van der Waals surface area contributed by atoms with E-state index in [0.29, 0.717) is 6.79 Å². The van der Waals surface area contributed by atoms with Gasteiger partial charge in [-0.25, -0.2) is 0 Å². The summed E-state index contributed by atoms with van der Waals surface area (Å²) in [6.45, 7) is 7.95. The molecule has 0 aromatic heterocycles. The van der Waals surface area contributed by atoms with E-state index in [1.54, 1.807) is 7.11 Å². The zero-order chi connectivity index (χ0) is 21.8. The lowest BCUT2D eigenvalue weighted by Crippen LogP contribution is -2.42. The summed E-state index contributed by atoms with van der Waals surface area (Å²) in [5, 5.41) is 0. The molecule has 3 aliphatic rings. The van der Waals surface area contributed by atoms with E-state index >= 15 is 0 Å². The summed E-state index contributed by atoms with van der Waals surface area (Å²) < 4.78 is 22.3. The molecule has 8 heteroatoms. The van der Waals surface area contributed by atoms with Crippen molar-refractivity contribution in [3.63, 3.8) is 0 Å². The van der Waals surface area contributed by atoms with E-state index < -0.39 is 0 Å². The number of benzene rings is 2. The first kappa shape index (κ1) is 26.7. The summed E-state index contributed by atoms with van der Waals surface area (Å²) in [6.07, 6.45) is 4.78. The second-order valence-electron chi connectivity index (χ2n) is 9.15. The minimum Gasteiger partial charge on any atom is -0.497 e. The first-order valence-corrected chi connectivity index (χ1v) is 11.9. The Morgan fingerprint density at radius 1 is 0.971 bits per heavy atom. The minimum atomic E-state index is 0. The maximum atomic E-state index is 5.92. The summed E-state index contributed by atoms with van der Waals surface area (Å²) in [5.74, 6) is 4.29. The van der Waals surface area contributed by atoms with Crippen LogP contribution < -0.4 is 18.9 Å². The molecule has 1 atom stereocenters. The number of rotatable bonds is 8. The van der Waals surface area contributed by atoms with Crippen LogP contribution in [0.4, 0.5) is 0 Å². The molecule has 0 aliphatic carbocycles. The summed E-state index contributed by atoms with van der Waals surface area (Å²) in [6, 6.07) is 12.2. The molecule has 1 saturated heterocycles. The van der Waals surface area contributed by atoms with Gasteiger partial charge in [0.2, 0.25) is 6.79 Å². The Morgan fingerprint density at radius 2 is 1.76 bits per heavy atom. The number of ether oxygens (including phenoxy) is 4.